The van der Waals surface area contributed by atoms with Crippen LogP contribution in [-0.4, -0.2) is 76.5 Å². The Bertz CT molecular complexity index is 813. The van der Waals surface area contributed by atoms with Crippen molar-refractivity contribution in [1.29, 1.82) is 0 Å². The second kappa shape index (κ2) is 17.1. The Hall–Kier alpha value is -3.42. The number of hydrogen-bond donors (Lipinski definition) is 8. The molecule has 0 spiro atoms. The number of rotatable bonds is 18. The van der Waals surface area contributed by atoms with E-state index in [2.05, 4.69) is 20.9 Å². The molecule has 3 amide bonds. The highest BCUT2D eigenvalue weighted by Gasteiger charge is 2.31. The molecule has 0 aliphatic carbocycles. The van der Waals surface area contributed by atoms with Crippen LogP contribution in [0.2, 0.25) is 0 Å². The fraction of sp³-hybridized carbons (Fsp3) is 0.739. The lowest BCUT2D eigenvalue weighted by atomic mass is 10.00. The van der Waals surface area contributed by atoms with Crippen LogP contribution >= 0.6 is 0 Å². The van der Waals surface area contributed by atoms with Crippen LogP contribution in [0.1, 0.15) is 66.2 Å². The van der Waals surface area contributed by atoms with Crippen molar-refractivity contribution in [3.63, 3.8) is 0 Å². The number of guanidine groups is 1. The average molecular weight is 530 g/mol. The van der Waals surface area contributed by atoms with Gasteiger partial charge >= 0.3 is 11.9 Å². The van der Waals surface area contributed by atoms with E-state index in [4.69, 9.17) is 22.3 Å². The Labute approximate surface area is 217 Å². The van der Waals surface area contributed by atoms with Crippen LogP contribution in [0.25, 0.3) is 0 Å². The second-order valence-corrected chi connectivity index (χ2v) is 9.77. The molecule has 0 aromatic carbocycles. The first-order chi connectivity index (χ1) is 17.1. The molecule has 14 nitrogen and oxygen atoms in total. The number of carbonyl (C=O) groups is 5. The molecule has 212 valence electrons. The van der Waals surface area contributed by atoms with E-state index in [9.17, 15) is 29.1 Å². The molecule has 4 atom stereocenters. The summed E-state index contributed by atoms with van der Waals surface area (Å²) in [5.41, 5.74) is 16.4. The summed E-state index contributed by atoms with van der Waals surface area (Å²) in [6, 6.07) is -4.52. The van der Waals surface area contributed by atoms with Crippen molar-refractivity contribution in [2.75, 3.05) is 6.54 Å². The van der Waals surface area contributed by atoms with E-state index in [1.54, 1.807) is 0 Å². The number of carboxylic acid groups (broad SMARTS) is 2. The number of nitrogens with one attached hydrogen (secondary N) is 3. The molecule has 0 radical (unpaired) electrons. The Balaban J connectivity index is 5.49. The molecule has 0 saturated carbocycles. The lowest BCUT2D eigenvalue weighted by Gasteiger charge is -2.26. The molecular formula is C23H43N7O7. The van der Waals surface area contributed by atoms with E-state index in [1.165, 1.54) is 0 Å². The third kappa shape index (κ3) is 15.3. The number of hydrogen-bond acceptors (Lipinski definition) is 7. The van der Waals surface area contributed by atoms with Gasteiger partial charge in [0.15, 0.2) is 5.96 Å². The van der Waals surface area contributed by atoms with Gasteiger partial charge in [0.25, 0.3) is 0 Å². The van der Waals surface area contributed by atoms with Gasteiger partial charge in [-0.1, -0.05) is 27.7 Å². The van der Waals surface area contributed by atoms with Gasteiger partial charge in [-0.3, -0.25) is 24.2 Å². The molecule has 0 bridgehead atoms. The molecule has 0 aromatic rings. The zero-order valence-electron chi connectivity index (χ0n) is 22.0. The highest BCUT2D eigenvalue weighted by molar-refractivity contribution is 5.94. The topological polar surface area (TPSA) is 252 Å². The largest absolute Gasteiger partial charge is 0.481 e. The maximum absolute atomic E-state index is 13.0. The molecule has 0 aliphatic rings. The van der Waals surface area contributed by atoms with Crippen molar-refractivity contribution >= 4 is 35.6 Å². The third-order valence-electron chi connectivity index (χ3n) is 5.25. The van der Waals surface area contributed by atoms with Crippen molar-refractivity contribution in [2.45, 2.75) is 90.4 Å². The van der Waals surface area contributed by atoms with Crippen molar-refractivity contribution < 1.29 is 34.2 Å². The van der Waals surface area contributed by atoms with E-state index in [-0.39, 0.29) is 50.0 Å². The summed E-state index contributed by atoms with van der Waals surface area (Å²) in [6.45, 7) is 7.53. The van der Waals surface area contributed by atoms with Crippen LogP contribution in [0.5, 0.6) is 0 Å². The Morgan fingerprint density at radius 3 is 1.73 bits per heavy atom. The molecule has 0 aliphatic heterocycles. The standard InChI is InChI=1S/C23H43N7O7/c1-12(2)10-16(21(35)30-17(22(36)37)11-13(3)4)29-20(34)15(7-8-18(31)32)28-19(33)14(24)6-5-9-27-23(25)26/h12-17H,5-11,24H2,1-4H3,(H,28,33)(H,29,34)(H,30,35)(H,31,32)(H,36,37)(H4,25,26,27). The summed E-state index contributed by atoms with van der Waals surface area (Å²) >= 11 is 0. The van der Waals surface area contributed by atoms with Crippen LogP contribution in [-0.2, 0) is 24.0 Å². The van der Waals surface area contributed by atoms with Gasteiger partial charge in [-0.2, -0.15) is 0 Å². The molecular weight excluding hydrogens is 486 g/mol. The van der Waals surface area contributed by atoms with E-state index in [0.29, 0.717) is 6.42 Å². The summed E-state index contributed by atoms with van der Waals surface area (Å²) < 4.78 is 0. The summed E-state index contributed by atoms with van der Waals surface area (Å²) in [5, 5.41) is 26.0. The predicted octanol–water partition coefficient (Wildman–Crippen LogP) is -1.14. The lowest BCUT2D eigenvalue weighted by Crippen LogP contribution is -2.57. The van der Waals surface area contributed by atoms with Gasteiger partial charge in [-0.05, 0) is 43.9 Å². The van der Waals surface area contributed by atoms with Crippen LogP contribution in [0, 0.1) is 11.8 Å². The van der Waals surface area contributed by atoms with Crippen LogP contribution in [0.4, 0.5) is 0 Å². The maximum Gasteiger partial charge on any atom is 0.326 e. The molecule has 37 heavy (non-hydrogen) atoms. The smallest absolute Gasteiger partial charge is 0.326 e. The minimum absolute atomic E-state index is 0.00109. The molecule has 0 rings (SSSR count). The highest BCUT2D eigenvalue weighted by Crippen LogP contribution is 2.10. The number of carbonyl (C=O) groups excluding carboxylic acids is 3. The SMILES string of the molecule is CC(C)CC(NC(=O)C(CC(C)C)NC(=O)C(CCC(=O)O)NC(=O)C(N)CCCN=C(N)N)C(=O)O. The molecule has 14 heteroatoms. The van der Waals surface area contributed by atoms with Gasteiger partial charge in [0.1, 0.15) is 18.1 Å². The number of amides is 3. The molecule has 0 saturated heterocycles. The van der Waals surface area contributed by atoms with Gasteiger partial charge in [0, 0.05) is 13.0 Å². The third-order valence-corrected chi connectivity index (χ3v) is 5.25. The average Bonchev–Trinajstić information content (AvgIpc) is 2.76. The highest BCUT2D eigenvalue weighted by atomic mass is 16.4. The minimum atomic E-state index is -1.28. The summed E-state index contributed by atoms with van der Waals surface area (Å²) in [5.74, 6) is -4.66. The van der Waals surface area contributed by atoms with Crippen molar-refractivity contribution in [3.8, 4) is 0 Å². The van der Waals surface area contributed by atoms with E-state index < -0.39 is 60.2 Å². The molecule has 11 N–H and O–H groups in total. The number of aliphatic imine (C=N–C) groups is 1. The first-order valence-corrected chi connectivity index (χ1v) is 12.3. The van der Waals surface area contributed by atoms with E-state index in [1.807, 2.05) is 27.7 Å². The first-order valence-electron chi connectivity index (χ1n) is 12.3. The number of carboxylic acids is 2. The Kier molecular flexibility index (Phi) is 15.5. The summed E-state index contributed by atoms with van der Waals surface area (Å²) in [6.07, 6.45) is 0.331. The zero-order chi connectivity index (χ0) is 28.7. The van der Waals surface area contributed by atoms with Crippen molar-refractivity contribution in [2.24, 2.45) is 34.0 Å². The van der Waals surface area contributed by atoms with E-state index >= 15 is 0 Å². The summed E-state index contributed by atoms with van der Waals surface area (Å²) in [7, 11) is 0. The van der Waals surface area contributed by atoms with Gasteiger partial charge in [-0.15, -0.1) is 0 Å². The summed E-state index contributed by atoms with van der Waals surface area (Å²) in [4.78, 5) is 65.0. The van der Waals surface area contributed by atoms with Gasteiger partial charge in [0.05, 0.1) is 6.04 Å². The fourth-order valence-corrected chi connectivity index (χ4v) is 3.41. The number of nitrogens with two attached hydrogens (primary N) is 3. The predicted molar refractivity (Wildman–Crippen MR) is 137 cm³/mol. The van der Waals surface area contributed by atoms with Crippen LogP contribution in [0.3, 0.4) is 0 Å². The minimum Gasteiger partial charge on any atom is -0.481 e. The van der Waals surface area contributed by atoms with E-state index in [0.717, 1.165) is 0 Å². The van der Waals surface area contributed by atoms with Gasteiger partial charge in [0.2, 0.25) is 17.7 Å². The zero-order valence-corrected chi connectivity index (χ0v) is 22.0. The first kappa shape index (κ1) is 33.6. The Morgan fingerprint density at radius 1 is 0.757 bits per heavy atom. The van der Waals surface area contributed by atoms with Crippen LogP contribution in [0.15, 0.2) is 4.99 Å². The lowest BCUT2D eigenvalue weighted by molar-refractivity contribution is -0.143. The molecule has 0 heterocycles. The quantitative estimate of drug-likeness (QED) is 0.0601. The normalized spacial score (nSPS) is 14.2. The Morgan fingerprint density at radius 2 is 1.24 bits per heavy atom. The number of aliphatic carboxylic acids is 2. The molecule has 0 fully saturated rings. The van der Waals surface area contributed by atoms with Crippen LogP contribution < -0.4 is 33.2 Å². The van der Waals surface area contributed by atoms with Gasteiger partial charge in [-0.25, -0.2) is 4.79 Å². The maximum atomic E-state index is 13.0. The van der Waals surface area contributed by atoms with Gasteiger partial charge < -0.3 is 43.4 Å². The monoisotopic (exact) mass is 529 g/mol. The second-order valence-electron chi connectivity index (χ2n) is 9.77. The molecule has 4 unspecified atom stereocenters. The van der Waals surface area contributed by atoms with Crippen molar-refractivity contribution in [1.82, 2.24) is 16.0 Å². The molecule has 0 aromatic heterocycles. The number of nitrogens with zero attached hydrogens (tertiary/aromatic N) is 1. The fourth-order valence-electron chi connectivity index (χ4n) is 3.41. The van der Waals surface area contributed by atoms with Crippen molar-refractivity contribution in [3.05, 3.63) is 0 Å².